The van der Waals surface area contributed by atoms with Crippen molar-refractivity contribution in [2.75, 3.05) is 6.61 Å². The second kappa shape index (κ2) is 5.91. The van der Waals surface area contributed by atoms with Gasteiger partial charge in [0.15, 0.2) is 0 Å². The second-order valence-electron chi connectivity index (χ2n) is 4.15. The molecule has 0 aliphatic rings. The van der Waals surface area contributed by atoms with Gasteiger partial charge < -0.3 is 9.30 Å². The van der Waals surface area contributed by atoms with Crippen LogP contribution < -0.4 is 0 Å². The van der Waals surface area contributed by atoms with Crippen molar-refractivity contribution in [3.05, 3.63) is 29.0 Å². The molecule has 0 bridgehead atoms. The largest absolute Gasteiger partial charge is 0.377 e. The molecule has 1 atom stereocenters. The smallest absolute Gasteiger partial charge is 0.124 e. The third kappa shape index (κ3) is 2.63. The maximum atomic E-state index is 6.25. The van der Waals surface area contributed by atoms with Gasteiger partial charge >= 0.3 is 0 Å². The number of nitrogens with zero attached hydrogens (tertiary/aromatic N) is 2. The second-order valence-corrected chi connectivity index (χ2v) is 4.82. The van der Waals surface area contributed by atoms with Crippen molar-refractivity contribution in [3.8, 4) is 0 Å². The topological polar surface area (TPSA) is 27.1 Å². The van der Waals surface area contributed by atoms with Gasteiger partial charge in [0, 0.05) is 6.61 Å². The van der Waals surface area contributed by atoms with E-state index in [1.54, 1.807) is 0 Å². The molecular formula is C13H16Cl2N2O. The molecule has 0 spiro atoms. The Labute approximate surface area is 117 Å². The van der Waals surface area contributed by atoms with Crippen LogP contribution in [0.4, 0.5) is 0 Å². The number of fused-ring (bicyclic) bond motifs is 1. The number of alkyl halides is 1. The Morgan fingerprint density at radius 2 is 2.22 bits per heavy atom. The Bertz CT molecular complexity index is 539. The van der Waals surface area contributed by atoms with E-state index in [0.717, 1.165) is 16.9 Å². The third-order valence-corrected chi connectivity index (χ3v) is 3.35. The first-order valence-corrected chi connectivity index (χ1v) is 6.89. The van der Waals surface area contributed by atoms with Crippen molar-refractivity contribution < 1.29 is 4.74 Å². The predicted molar refractivity (Wildman–Crippen MR) is 75.4 cm³/mol. The molecule has 0 saturated heterocycles. The summed E-state index contributed by atoms with van der Waals surface area (Å²) in [6.45, 7) is 5.41. The molecule has 0 amide bonds. The molecule has 0 fully saturated rings. The van der Waals surface area contributed by atoms with E-state index < -0.39 is 0 Å². The highest BCUT2D eigenvalue weighted by molar-refractivity contribution is 6.35. The SMILES string of the molecule is CCOC(C)Cn1c(CCl)nc2cccc(Cl)c21. The van der Waals surface area contributed by atoms with E-state index in [0.29, 0.717) is 24.1 Å². The number of para-hydroxylation sites is 1. The molecule has 1 heterocycles. The maximum Gasteiger partial charge on any atom is 0.124 e. The van der Waals surface area contributed by atoms with Crippen molar-refractivity contribution in [2.24, 2.45) is 0 Å². The molecule has 98 valence electrons. The van der Waals surface area contributed by atoms with Crippen LogP contribution in [-0.2, 0) is 17.2 Å². The number of aromatic nitrogens is 2. The number of hydrogen-bond acceptors (Lipinski definition) is 2. The molecule has 3 nitrogen and oxygen atoms in total. The fourth-order valence-corrected chi connectivity index (χ4v) is 2.56. The lowest BCUT2D eigenvalue weighted by Crippen LogP contribution is -2.18. The molecular weight excluding hydrogens is 271 g/mol. The van der Waals surface area contributed by atoms with Crippen molar-refractivity contribution in [2.45, 2.75) is 32.4 Å². The lowest BCUT2D eigenvalue weighted by atomic mass is 10.3. The van der Waals surface area contributed by atoms with Gasteiger partial charge in [0.05, 0.1) is 34.6 Å². The Morgan fingerprint density at radius 3 is 2.89 bits per heavy atom. The summed E-state index contributed by atoms with van der Waals surface area (Å²) in [6.07, 6.45) is 0.102. The highest BCUT2D eigenvalue weighted by Gasteiger charge is 2.14. The van der Waals surface area contributed by atoms with Crippen LogP contribution in [0.3, 0.4) is 0 Å². The van der Waals surface area contributed by atoms with Gasteiger partial charge in [-0.05, 0) is 26.0 Å². The average Bonchev–Trinajstić information content (AvgIpc) is 2.69. The van der Waals surface area contributed by atoms with Crippen LogP contribution >= 0.6 is 23.2 Å². The first-order chi connectivity index (χ1) is 8.67. The van der Waals surface area contributed by atoms with E-state index in [2.05, 4.69) is 4.98 Å². The fraction of sp³-hybridized carbons (Fsp3) is 0.462. The minimum atomic E-state index is 0.102. The van der Waals surface area contributed by atoms with Crippen LogP contribution in [0.5, 0.6) is 0 Å². The van der Waals surface area contributed by atoms with E-state index in [1.807, 2.05) is 36.6 Å². The molecule has 0 radical (unpaired) electrons. The fourth-order valence-electron chi connectivity index (χ4n) is 2.08. The number of imidazole rings is 1. The first-order valence-electron chi connectivity index (χ1n) is 5.98. The van der Waals surface area contributed by atoms with Crippen LogP contribution in [0.2, 0.25) is 5.02 Å². The summed E-state index contributed by atoms with van der Waals surface area (Å²) < 4.78 is 7.62. The Hall–Kier alpha value is -0.770. The number of halogens is 2. The van der Waals surface area contributed by atoms with E-state index in [9.17, 15) is 0 Å². The van der Waals surface area contributed by atoms with Gasteiger partial charge in [0.2, 0.25) is 0 Å². The minimum Gasteiger partial charge on any atom is -0.377 e. The molecule has 0 saturated carbocycles. The van der Waals surface area contributed by atoms with Crippen LogP contribution in [0.15, 0.2) is 18.2 Å². The highest BCUT2D eigenvalue weighted by Crippen LogP contribution is 2.25. The third-order valence-electron chi connectivity index (χ3n) is 2.81. The summed E-state index contributed by atoms with van der Waals surface area (Å²) in [5.41, 5.74) is 1.81. The van der Waals surface area contributed by atoms with Gasteiger partial charge in [-0.2, -0.15) is 0 Å². The van der Waals surface area contributed by atoms with Crippen LogP contribution in [0.1, 0.15) is 19.7 Å². The highest BCUT2D eigenvalue weighted by atomic mass is 35.5. The van der Waals surface area contributed by atoms with Gasteiger partial charge in [-0.15, -0.1) is 11.6 Å². The van der Waals surface area contributed by atoms with E-state index in [-0.39, 0.29) is 6.10 Å². The van der Waals surface area contributed by atoms with Crippen molar-refractivity contribution >= 4 is 34.2 Å². The van der Waals surface area contributed by atoms with Crippen LogP contribution in [-0.4, -0.2) is 22.3 Å². The minimum absolute atomic E-state index is 0.102. The van der Waals surface area contributed by atoms with Gasteiger partial charge in [0.1, 0.15) is 5.82 Å². The summed E-state index contributed by atoms with van der Waals surface area (Å²) in [7, 11) is 0. The van der Waals surface area contributed by atoms with Gasteiger partial charge in [0.25, 0.3) is 0 Å². The van der Waals surface area contributed by atoms with Gasteiger partial charge in [-0.1, -0.05) is 17.7 Å². The number of rotatable bonds is 5. The average molecular weight is 287 g/mol. The monoisotopic (exact) mass is 286 g/mol. The van der Waals surface area contributed by atoms with Crippen molar-refractivity contribution in [3.63, 3.8) is 0 Å². The zero-order valence-corrected chi connectivity index (χ0v) is 12.0. The van der Waals surface area contributed by atoms with E-state index >= 15 is 0 Å². The normalized spacial score (nSPS) is 13.1. The Kier molecular flexibility index (Phi) is 4.49. The lowest BCUT2D eigenvalue weighted by Gasteiger charge is -2.15. The number of benzene rings is 1. The summed E-state index contributed by atoms with van der Waals surface area (Å²) in [5.74, 6) is 1.19. The molecule has 1 aromatic carbocycles. The molecule has 0 aliphatic carbocycles. The quantitative estimate of drug-likeness (QED) is 0.781. The zero-order chi connectivity index (χ0) is 13.1. The predicted octanol–water partition coefficient (Wildman–Crippen LogP) is 3.85. The Morgan fingerprint density at radius 1 is 1.44 bits per heavy atom. The zero-order valence-electron chi connectivity index (χ0n) is 10.5. The summed E-state index contributed by atoms with van der Waals surface area (Å²) >= 11 is 12.2. The Balaban J connectivity index is 2.46. The van der Waals surface area contributed by atoms with Gasteiger partial charge in [-0.25, -0.2) is 4.98 Å². The molecule has 0 N–H and O–H groups in total. The summed E-state index contributed by atoms with van der Waals surface area (Å²) in [5, 5.41) is 0.695. The number of ether oxygens (including phenoxy) is 1. The molecule has 2 rings (SSSR count). The van der Waals surface area contributed by atoms with E-state index in [1.165, 1.54) is 0 Å². The summed E-state index contributed by atoms with van der Waals surface area (Å²) in [4.78, 5) is 4.50. The van der Waals surface area contributed by atoms with Gasteiger partial charge in [-0.3, -0.25) is 0 Å². The van der Waals surface area contributed by atoms with Crippen LogP contribution in [0, 0.1) is 0 Å². The molecule has 18 heavy (non-hydrogen) atoms. The van der Waals surface area contributed by atoms with Crippen LogP contribution in [0.25, 0.3) is 11.0 Å². The maximum absolute atomic E-state index is 6.25. The molecule has 5 heteroatoms. The molecule has 0 aliphatic heterocycles. The molecule has 1 unspecified atom stereocenters. The summed E-state index contributed by atoms with van der Waals surface area (Å²) in [6, 6.07) is 5.70. The molecule has 1 aromatic heterocycles. The van der Waals surface area contributed by atoms with E-state index in [4.69, 9.17) is 27.9 Å². The first kappa shape index (κ1) is 13.7. The standard InChI is InChI=1S/C13H16Cl2N2O/c1-3-18-9(2)8-17-12(7-14)16-11-6-4-5-10(15)13(11)17/h4-6,9H,3,7-8H2,1-2H3. The number of hydrogen-bond donors (Lipinski definition) is 0. The van der Waals surface area contributed by atoms with Crippen molar-refractivity contribution in [1.29, 1.82) is 0 Å². The molecule has 2 aromatic rings. The lowest BCUT2D eigenvalue weighted by molar-refractivity contribution is 0.0643. The van der Waals surface area contributed by atoms with Crippen molar-refractivity contribution in [1.82, 2.24) is 9.55 Å².